The van der Waals surface area contributed by atoms with Crippen molar-refractivity contribution in [1.29, 1.82) is 0 Å². The SMILES string of the molecule is CCOc1cc(C(=O)OCC(=O)NCCOC)cc(OCC)c1OCC. The molecule has 0 fully saturated rings. The van der Waals surface area contributed by atoms with Crippen LogP contribution in [-0.4, -0.2) is 58.6 Å². The van der Waals surface area contributed by atoms with Crippen LogP contribution in [0.4, 0.5) is 0 Å². The van der Waals surface area contributed by atoms with Gasteiger partial charge >= 0.3 is 5.97 Å². The standard InChI is InChI=1S/C18H27NO7/c1-5-23-14-10-13(11-15(24-6-2)17(14)25-7-3)18(21)26-12-16(20)19-8-9-22-4/h10-11H,5-9,12H2,1-4H3,(H,19,20). The number of hydrogen-bond acceptors (Lipinski definition) is 7. The van der Waals surface area contributed by atoms with Crippen molar-refractivity contribution in [3.8, 4) is 17.2 Å². The summed E-state index contributed by atoms with van der Waals surface area (Å²) in [6, 6.07) is 3.03. The molecule has 0 unspecified atom stereocenters. The minimum absolute atomic E-state index is 0.213. The van der Waals surface area contributed by atoms with Crippen LogP contribution in [0.2, 0.25) is 0 Å². The summed E-state index contributed by atoms with van der Waals surface area (Å²) < 4.78 is 26.6. The summed E-state index contributed by atoms with van der Waals surface area (Å²) in [5.74, 6) is 0.145. The second-order valence-corrected chi connectivity index (χ2v) is 5.02. The molecule has 26 heavy (non-hydrogen) atoms. The van der Waals surface area contributed by atoms with Crippen molar-refractivity contribution >= 4 is 11.9 Å². The molecule has 1 aromatic rings. The maximum Gasteiger partial charge on any atom is 0.338 e. The van der Waals surface area contributed by atoms with Crippen LogP contribution in [0.3, 0.4) is 0 Å². The lowest BCUT2D eigenvalue weighted by atomic mass is 10.2. The molecule has 0 atom stereocenters. The number of carbonyl (C=O) groups is 2. The molecule has 0 bridgehead atoms. The van der Waals surface area contributed by atoms with Crippen LogP contribution in [-0.2, 0) is 14.3 Å². The summed E-state index contributed by atoms with van der Waals surface area (Å²) in [7, 11) is 1.53. The summed E-state index contributed by atoms with van der Waals surface area (Å²) in [5.41, 5.74) is 0.213. The van der Waals surface area contributed by atoms with Crippen molar-refractivity contribution in [2.75, 3.05) is 46.7 Å². The Kier molecular flexibility index (Phi) is 9.93. The summed E-state index contributed by atoms with van der Waals surface area (Å²) >= 11 is 0. The van der Waals surface area contributed by atoms with Crippen LogP contribution in [0.5, 0.6) is 17.2 Å². The number of ether oxygens (including phenoxy) is 5. The molecular formula is C18H27NO7. The highest BCUT2D eigenvalue weighted by atomic mass is 16.5. The third-order valence-electron chi connectivity index (χ3n) is 3.11. The molecular weight excluding hydrogens is 342 g/mol. The van der Waals surface area contributed by atoms with Gasteiger partial charge in [0.1, 0.15) is 0 Å². The minimum Gasteiger partial charge on any atom is -0.490 e. The molecule has 146 valence electrons. The van der Waals surface area contributed by atoms with Crippen molar-refractivity contribution in [1.82, 2.24) is 5.32 Å². The lowest BCUT2D eigenvalue weighted by Gasteiger charge is -2.16. The van der Waals surface area contributed by atoms with Gasteiger partial charge in [-0.15, -0.1) is 0 Å². The Hall–Kier alpha value is -2.48. The van der Waals surface area contributed by atoms with Gasteiger partial charge in [0.25, 0.3) is 5.91 Å². The quantitative estimate of drug-likeness (QED) is 0.444. The van der Waals surface area contributed by atoms with E-state index in [1.807, 2.05) is 20.8 Å². The fraction of sp³-hybridized carbons (Fsp3) is 0.556. The van der Waals surface area contributed by atoms with E-state index in [1.54, 1.807) is 0 Å². The zero-order chi connectivity index (χ0) is 19.4. The molecule has 0 heterocycles. The normalized spacial score (nSPS) is 10.2. The van der Waals surface area contributed by atoms with E-state index in [9.17, 15) is 9.59 Å². The summed E-state index contributed by atoms with van der Waals surface area (Å²) in [5, 5.41) is 2.57. The summed E-state index contributed by atoms with van der Waals surface area (Å²) in [6.07, 6.45) is 0. The zero-order valence-corrected chi connectivity index (χ0v) is 15.8. The molecule has 0 spiro atoms. The van der Waals surface area contributed by atoms with Crippen LogP contribution in [0.15, 0.2) is 12.1 Å². The Balaban J connectivity index is 2.89. The van der Waals surface area contributed by atoms with Crippen molar-refractivity contribution in [3.63, 3.8) is 0 Å². The van der Waals surface area contributed by atoms with E-state index in [-0.39, 0.29) is 12.2 Å². The van der Waals surface area contributed by atoms with Crippen molar-refractivity contribution in [2.24, 2.45) is 0 Å². The Morgan fingerprint density at radius 1 is 0.962 bits per heavy atom. The van der Waals surface area contributed by atoms with Crippen LogP contribution in [0.25, 0.3) is 0 Å². The van der Waals surface area contributed by atoms with Gasteiger partial charge in [0, 0.05) is 13.7 Å². The van der Waals surface area contributed by atoms with Gasteiger partial charge in [0.05, 0.1) is 32.0 Å². The molecule has 0 aromatic heterocycles. The number of hydrogen-bond donors (Lipinski definition) is 1. The molecule has 0 radical (unpaired) electrons. The first-order valence-electron chi connectivity index (χ1n) is 8.56. The van der Waals surface area contributed by atoms with E-state index in [0.29, 0.717) is 50.2 Å². The number of rotatable bonds is 12. The van der Waals surface area contributed by atoms with Gasteiger partial charge in [-0.3, -0.25) is 4.79 Å². The molecule has 8 nitrogen and oxygen atoms in total. The molecule has 0 saturated carbocycles. The van der Waals surface area contributed by atoms with Gasteiger partial charge in [-0.2, -0.15) is 0 Å². The molecule has 0 aliphatic rings. The molecule has 1 aromatic carbocycles. The van der Waals surface area contributed by atoms with Crippen molar-refractivity contribution in [3.05, 3.63) is 17.7 Å². The first-order chi connectivity index (χ1) is 12.6. The second kappa shape index (κ2) is 12.0. The number of amides is 1. The lowest BCUT2D eigenvalue weighted by Crippen LogP contribution is -2.31. The van der Waals surface area contributed by atoms with Crippen molar-refractivity contribution in [2.45, 2.75) is 20.8 Å². The first kappa shape index (κ1) is 21.6. The number of benzene rings is 1. The maximum absolute atomic E-state index is 12.3. The molecule has 1 N–H and O–H groups in total. The number of carbonyl (C=O) groups excluding carboxylic acids is 2. The first-order valence-corrected chi connectivity index (χ1v) is 8.56. The highest BCUT2D eigenvalue weighted by Gasteiger charge is 2.19. The smallest absolute Gasteiger partial charge is 0.338 e. The predicted molar refractivity (Wildman–Crippen MR) is 95.1 cm³/mol. The third-order valence-corrected chi connectivity index (χ3v) is 3.11. The van der Waals surface area contributed by atoms with Crippen molar-refractivity contribution < 1.29 is 33.3 Å². The van der Waals surface area contributed by atoms with Gasteiger partial charge in [0.15, 0.2) is 18.1 Å². The molecule has 1 rings (SSSR count). The predicted octanol–water partition coefficient (Wildman–Crippen LogP) is 1.80. The third kappa shape index (κ3) is 6.79. The molecule has 0 aliphatic heterocycles. The summed E-state index contributed by atoms with van der Waals surface area (Å²) in [4.78, 5) is 23.9. The Bertz CT molecular complexity index is 562. The maximum atomic E-state index is 12.3. The van der Waals surface area contributed by atoms with Gasteiger partial charge in [-0.25, -0.2) is 4.79 Å². The van der Waals surface area contributed by atoms with E-state index in [1.165, 1.54) is 19.2 Å². The monoisotopic (exact) mass is 369 g/mol. The summed E-state index contributed by atoms with van der Waals surface area (Å²) in [6.45, 7) is 7.05. The van der Waals surface area contributed by atoms with Gasteiger partial charge in [-0.05, 0) is 32.9 Å². The van der Waals surface area contributed by atoms with Crippen LogP contribution in [0.1, 0.15) is 31.1 Å². The Labute approximate surface area is 153 Å². The van der Waals surface area contributed by atoms with E-state index in [2.05, 4.69) is 5.32 Å². The largest absolute Gasteiger partial charge is 0.490 e. The molecule has 1 amide bonds. The minimum atomic E-state index is -0.656. The Morgan fingerprint density at radius 3 is 2.04 bits per heavy atom. The molecule has 0 saturated heterocycles. The van der Waals surface area contributed by atoms with Gasteiger partial charge in [-0.1, -0.05) is 0 Å². The second-order valence-electron chi connectivity index (χ2n) is 5.02. The lowest BCUT2D eigenvalue weighted by molar-refractivity contribution is -0.124. The van der Waals surface area contributed by atoms with E-state index in [4.69, 9.17) is 23.7 Å². The highest BCUT2D eigenvalue weighted by Crippen LogP contribution is 2.39. The van der Waals surface area contributed by atoms with E-state index in [0.717, 1.165) is 0 Å². The molecule has 8 heteroatoms. The van der Waals surface area contributed by atoms with Crippen LogP contribution < -0.4 is 19.5 Å². The Morgan fingerprint density at radius 2 is 1.54 bits per heavy atom. The van der Waals surface area contributed by atoms with E-state index >= 15 is 0 Å². The fourth-order valence-corrected chi connectivity index (χ4v) is 2.06. The van der Waals surface area contributed by atoms with E-state index < -0.39 is 11.9 Å². The zero-order valence-electron chi connectivity index (χ0n) is 15.8. The van der Waals surface area contributed by atoms with Gasteiger partial charge in [0.2, 0.25) is 5.75 Å². The topological polar surface area (TPSA) is 92.3 Å². The average molecular weight is 369 g/mol. The van der Waals surface area contributed by atoms with Gasteiger partial charge < -0.3 is 29.0 Å². The van der Waals surface area contributed by atoms with Crippen LogP contribution in [0, 0.1) is 0 Å². The number of esters is 1. The highest BCUT2D eigenvalue weighted by molar-refractivity contribution is 5.92. The van der Waals surface area contributed by atoms with Crippen LogP contribution >= 0.6 is 0 Å². The molecule has 0 aliphatic carbocycles. The number of methoxy groups -OCH3 is 1. The number of nitrogens with one attached hydrogen (secondary N) is 1. The average Bonchev–Trinajstić information content (AvgIpc) is 2.62. The fourth-order valence-electron chi connectivity index (χ4n) is 2.06.